The highest BCUT2D eigenvalue weighted by Crippen LogP contribution is 2.68. The van der Waals surface area contributed by atoms with Gasteiger partial charge >= 0.3 is 23.9 Å². The molecular weight excluding hydrogens is 516 g/mol. The van der Waals surface area contributed by atoms with Crippen molar-refractivity contribution in [3.63, 3.8) is 0 Å². The summed E-state index contributed by atoms with van der Waals surface area (Å²) >= 11 is 0. The number of carbonyl (C=O) groups is 4. The van der Waals surface area contributed by atoms with E-state index in [0.29, 0.717) is 37.7 Å². The van der Waals surface area contributed by atoms with Crippen molar-refractivity contribution >= 4 is 23.9 Å². The molecule has 2 fully saturated rings. The van der Waals surface area contributed by atoms with E-state index < -0.39 is 53.5 Å². The molecule has 3 rings (SSSR count). The van der Waals surface area contributed by atoms with E-state index in [2.05, 4.69) is 27.0 Å². The van der Waals surface area contributed by atoms with Gasteiger partial charge in [0.1, 0.15) is 17.6 Å². The molecule has 0 N–H and O–H groups in total. The van der Waals surface area contributed by atoms with Crippen LogP contribution in [-0.2, 0) is 42.9 Å². The summed E-state index contributed by atoms with van der Waals surface area (Å²) < 4.78 is 29.5. The number of hydrogen-bond donors (Lipinski definition) is 0. The minimum atomic E-state index is -1.21. The van der Waals surface area contributed by atoms with Crippen molar-refractivity contribution in [3.05, 3.63) is 36.5 Å². The molecule has 1 spiro atoms. The summed E-state index contributed by atoms with van der Waals surface area (Å²) in [4.78, 5) is 49.9. The highest BCUT2D eigenvalue weighted by Gasteiger charge is 2.72. The summed E-state index contributed by atoms with van der Waals surface area (Å²) in [5.41, 5.74) is -0.240. The predicted molar refractivity (Wildman–Crippen MR) is 146 cm³/mol. The number of hydrogen-bond acceptors (Lipinski definition) is 9. The van der Waals surface area contributed by atoms with Crippen LogP contribution in [0.2, 0.25) is 0 Å². The van der Waals surface area contributed by atoms with Crippen LogP contribution in [0.15, 0.2) is 36.5 Å². The van der Waals surface area contributed by atoms with Gasteiger partial charge in [-0.3, -0.25) is 23.9 Å². The molecule has 1 aliphatic heterocycles. The number of esters is 4. The SMILES string of the molecule is C=CC(=C)CC[C@@]1(C)[C@@H](C)CC(OC(C)=O)C23C(=C[C@@H](OC(=O)C(C)CC)C[C@@H]21)[C@H](OC(C)=O)O[C@@H]3OC(C)=O. The molecule has 1 saturated heterocycles. The summed E-state index contributed by atoms with van der Waals surface area (Å²) in [6.07, 6.45) is 2.47. The van der Waals surface area contributed by atoms with Crippen LogP contribution in [0.3, 0.4) is 0 Å². The molecule has 3 aliphatic rings. The Hall–Kier alpha value is -2.94. The van der Waals surface area contributed by atoms with Crippen LogP contribution in [0.4, 0.5) is 0 Å². The zero-order valence-electron chi connectivity index (χ0n) is 24.8. The molecule has 9 heteroatoms. The first-order valence-corrected chi connectivity index (χ1v) is 14.1. The maximum atomic E-state index is 12.9. The van der Waals surface area contributed by atoms with E-state index >= 15 is 0 Å². The maximum absolute atomic E-state index is 12.9. The third kappa shape index (κ3) is 5.90. The standard InChI is InChI=1S/C31H44O9/c1-10-17(3)12-13-30(9)19(5)14-26(36-20(6)32)31-24(28(37-21(7)33)40-29(31)38-22(8)34)15-23(16-25(30)31)39-27(35)18(4)11-2/h10,15,18-19,23,25-26,28-29H,1,3,11-14,16H2,2,4-9H3/t18?,19-,23+,25+,26?,28+,29-,30-,31?/m0/s1. The molecule has 0 aromatic heterocycles. The van der Waals surface area contributed by atoms with Crippen molar-refractivity contribution in [1.29, 1.82) is 0 Å². The second-order valence-corrected chi connectivity index (χ2v) is 11.7. The molecule has 3 unspecified atom stereocenters. The molecule has 222 valence electrons. The molecule has 0 amide bonds. The Bertz CT molecular complexity index is 1080. The first kappa shape index (κ1) is 31.6. The monoisotopic (exact) mass is 560 g/mol. The van der Waals surface area contributed by atoms with Crippen molar-refractivity contribution < 1.29 is 42.9 Å². The molecule has 40 heavy (non-hydrogen) atoms. The van der Waals surface area contributed by atoms with Gasteiger partial charge in [0.05, 0.1) is 5.92 Å². The summed E-state index contributed by atoms with van der Waals surface area (Å²) in [6.45, 7) is 19.8. The quantitative estimate of drug-likeness (QED) is 0.154. The number of rotatable bonds is 10. The van der Waals surface area contributed by atoms with Gasteiger partial charge in [0.25, 0.3) is 0 Å². The van der Waals surface area contributed by atoms with Crippen molar-refractivity contribution in [2.75, 3.05) is 0 Å². The van der Waals surface area contributed by atoms with Crippen LogP contribution in [0.5, 0.6) is 0 Å². The van der Waals surface area contributed by atoms with Crippen molar-refractivity contribution in [1.82, 2.24) is 0 Å². The van der Waals surface area contributed by atoms with Crippen LogP contribution in [-0.4, -0.2) is 48.7 Å². The Kier molecular flexibility index (Phi) is 9.70. The molecule has 9 nitrogen and oxygen atoms in total. The molecule has 0 aromatic rings. The van der Waals surface area contributed by atoms with Crippen LogP contribution in [0, 0.1) is 28.6 Å². The van der Waals surface area contributed by atoms with Crippen molar-refractivity contribution in [3.8, 4) is 0 Å². The average molecular weight is 561 g/mol. The summed E-state index contributed by atoms with van der Waals surface area (Å²) in [5, 5.41) is 0. The fourth-order valence-corrected chi connectivity index (χ4v) is 6.76. The Morgan fingerprint density at radius 1 is 1.07 bits per heavy atom. The zero-order valence-corrected chi connectivity index (χ0v) is 24.8. The van der Waals surface area contributed by atoms with Crippen molar-refractivity contribution in [2.45, 2.75) is 105 Å². The van der Waals surface area contributed by atoms with Gasteiger partial charge in [0.2, 0.25) is 12.6 Å². The summed E-state index contributed by atoms with van der Waals surface area (Å²) in [7, 11) is 0. The van der Waals surface area contributed by atoms with E-state index in [1.54, 1.807) is 12.2 Å². The maximum Gasteiger partial charge on any atom is 0.309 e. The lowest BCUT2D eigenvalue weighted by Crippen LogP contribution is -2.64. The largest absolute Gasteiger partial charge is 0.461 e. The van der Waals surface area contributed by atoms with E-state index in [9.17, 15) is 19.2 Å². The van der Waals surface area contributed by atoms with Gasteiger partial charge < -0.3 is 18.9 Å². The second kappa shape index (κ2) is 12.3. The van der Waals surface area contributed by atoms with E-state index in [1.165, 1.54) is 20.8 Å². The lowest BCUT2D eigenvalue weighted by Gasteiger charge is -2.61. The molecular formula is C31H44O9. The summed E-state index contributed by atoms with van der Waals surface area (Å²) in [6, 6.07) is 0. The fraction of sp³-hybridized carbons (Fsp3) is 0.677. The van der Waals surface area contributed by atoms with Gasteiger partial charge in [-0.25, -0.2) is 0 Å². The van der Waals surface area contributed by atoms with Gasteiger partial charge in [-0.2, -0.15) is 0 Å². The number of allylic oxidation sites excluding steroid dienone is 2. The molecule has 9 atom stereocenters. The van der Waals surface area contributed by atoms with Crippen LogP contribution in [0.1, 0.15) is 80.6 Å². The van der Waals surface area contributed by atoms with Crippen LogP contribution < -0.4 is 0 Å². The third-order valence-corrected chi connectivity index (χ3v) is 9.23. The first-order chi connectivity index (χ1) is 18.7. The number of ether oxygens (including phenoxy) is 5. The highest BCUT2D eigenvalue weighted by atomic mass is 16.8. The van der Waals surface area contributed by atoms with E-state index in [0.717, 1.165) is 5.57 Å². The van der Waals surface area contributed by atoms with Gasteiger partial charge in [-0.1, -0.05) is 52.5 Å². The van der Waals surface area contributed by atoms with Crippen LogP contribution in [0.25, 0.3) is 0 Å². The number of carbonyl (C=O) groups excluding carboxylic acids is 4. The van der Waals surface area contributed by atoms with Crippen LogP contribution >= 0.6 is 0 Å². The molecule has 0 bridgehead atoms. The molecule has 0 aromatic carbocycles. The minimum Gasteiger partial charge on any atom is -0.461 e. The Balaban J connectivity index is 2.28. The van der Waals surface area contributed by atoms with Gasteiger partial charge in [-0.15, -0.1) is 0 Å². The molecule has 2 aliphatic carbocycles. The fourth-order valence-electron chi connectivity index (χ4n) is 6.76. The first-order valence-electron chi connectivity index (χ1n) is 14.1. The Labute approximate surface area is 237 Å². The van der Waals surface area contributed by atoms with Gasteiger partial charge in [0, 0.05) is 26.3 Å². The van der Waals surface area contributed by atoms with E-state index in [1.807, 2.05) is 13.8 Å². The Morgan fingerprint density at radius 2 is 1.70 bits per heavy atom. The Morgan fingerprint density at radius 3 is 2.25 bits per heavy atom. The van der Waals surface area contributed by atoms with E-state index in [4.69, 9.17) is 23.7 Å². The normalized spacial score (nSPS) is 35.2. The van der Waals surface area contributed by atoms with E-state index in [-0.39, 0.29) is 23.7 Å². The summed E-state index contributed by atoms with van der Waals surface area (Å²) in [5.74, 6) is -2.63. The van der Waals surface area contributed by atoms with Gasteiger partial charge in [0.15, 0.2) is 0 Å². The van der Waals surface area contributed by atoms with Gasteiger partial charge in [-0.05, 0) is 55.4 Å². The third-order valence-electron chi connectivity index (χ3n) is 9.23. The second-order valence-electron chi connectivity index (χ2n) is 11.7. The lowest BCUT2D eigenvalue weighted by atomic mass is 9.45. The average Bonchev–Trinajstić information content (AvgIpc) is 3.16. The molecule has 1 saturated carbocycles. The molecule has 0 radical (unpaired) electrons. The lowest BCUT2D eigenvalue weighted by molar-refractivity contribution is -0.257. The highest BCUT2D eigenvalue weighted by molar-refractivity contribution is 5.72. The topological polar surface area (TPSA) is 114 Å². The minimum absolute atomic E-state index is 0.0427. The van der Waals surface area contributed by atoms with Crippen molar-refractivity contribution in [2.24, 2.45) is 28.6 Å². The predicted octanol–water partition coefficient (Wildman–Crippen LogP) is 5.19. The zero-order chi connectivity index (χ0) is 30.0. The molecule has 1 heterocycles. The smallest absolute Gasteiger partial charge is 0.309 e.